The minimum Gasteiger partial charge on any atom is -0.385 e. The number of aromatic nitrogens is 1. The predicted octanol–water partition coefficient (Wildman–Crippen LogP) is 6.14. The number of pyridine rings is 1. The van der Waals surface area contributed by atoms with E-state index in [2.05, 4.69) is 17.2 Å². The van der Waals surface area contributed by atoms with Gasteiger partial charge in [0.15, 0.2) is 0 Å². The van der Waals surface area contributed by atoms with Gasteiger partial charge in [0.2, 0.25) is 0 Å². The van der Waals surface area contributed by atoms with Gasteiger partial charge in [-0.3, -0.25) is 0 Å². The highest BCUT2D eigenvalue weighted by molar-refractivity contribution is 6.32. The molecule has 1 heterocycles. The molecule has 1 aromatic heterocycles. The van der Waals surface area contributed by atoms with Crippen LogP contribution in [0.3, 0.4) is 0 Å². The number of anilines is 1. The van der Waals surface area contributed by atoms with E-state index in [1.54, 1.807) is 0 Å². The van der Waals surface area contributed by atoms with E-state index in [0.717, 1.165) is 39.4 Å². The molecule has 0 aliphatic heterocycles. The topological polar surface area (TPSA) is 24.9 Å². The molecule has 0 unspecified atom stereocenters. The van der Waals surface area contributed by atoms with Gasteiger partial charge in [0.05, 0.1) is 11.2 Å². The molecular weight excluding hydrogens is 327 g/mol. The maximum Gasteiger partial charge on any atom is 0.0744 e. The minimum absolute atomic E-state index is 0.680. The lowest BCUT2D eigenvalue weighted by molar-refractivity contribution is 1.21. The molecule has 2 aromatic carbocycles. The first-order chi connectivity index (χ1) is 11.2. The fourth-order valence-electron chi connectivity index (χ4n) is 2.43. The van der Waals surface area contributed by atoms with Crippen LogP contribution in [0.2, 0.25) is 10.0 Å². The van der Waals surface area contributed by atoms with Gasteiger partial charge >= 0.3 is 0 Å². The molecule has 1 N–H and O–H groups in total. The predicted molar refractivity (Wildman–Crippen MR) is 101 cm³/mol. The summed E-state index contributed by atoms with van der Waals surface area (Å²) in [4.78, 5) is 4.67. The van der Waals surface area contributed by atoms with Crippen LogP contribution >= 0.6 is 23.2 Å². The lowest BCUT2D eigenvalue weighted by Gasteiger charge is -2.09. The first-order valence-electron chi connectivity index (χ1n) is 7.44. The van der Waals surface area contributed by atoms with Crippen molar-refractivity contribution in [1.82, 2.24) is 4.98 Å². The van der Waals surface area contributed by atoms with Crippen LogP contribution in [0.4, 0.5) is 5.69 Å². The average molecular weight is 343 g/mol. The molecule has 0 amide bonds. The summed E-state index contributed by atoms with van der Waals surface area (Å²) in [6.07, 6.45) is 3.93. The van der Waals surface area contributed by atoms with Crippen LogP contribution in [0.1, 0.15) is 18.2 Å². The Labute approximate surface area is 145 Å². The van der Waals surface area contributed by atoms with Crippen molar-refractivity contribution in [3.8, 4) is 0 Å². The van der Waals surface area contributed by atoms with Crippen molar-refractivity contribution in [3.05, 3.63) is 69.8 Å². The van der Waals surface area contributed by atoms with E-state index in [9.17, 15) is 0 Å². The SMILES string of the molecule is CCNc1cc(/C=C/c2ccccc2Cl)nc2cc(Cl)ccc12. The number of rotatable bonds is 4. The van der Waals surface area contributed by atoms with Gasteiger partial charge in [-0.05, 0) is 48.9 Å². The van der Waals surface area contributed by atoms with E-state index in [1.807, 2.05) is 60.7 Å². The lowest BCUT2D eigenvalue weighted by Crippen LogP contribution is -1.99. The van der Waals surface area contributed by atoms with Crippen LogP contribution in [-0.2, 0) is 0 Å². The number of fused-ring (bicyclic) bond motifs is 1. The number of halogens is 2. The summed E-state index contributed by atoms with van der Waals surface area (Å²) < 4.78 is 0. The standard InChI is InChI=1S/C19H16Cl2N2/c1-2-22-18-12-15(9-7-13-5-3-4-6-17(13)21)23-19-11-14(20)8-10-16(18)19/h3-12H,2H2,1H3,(H,22,23)/b9-7+. The molecule has 116 valence electrons. The number of hydrogen-bond acceptors (Lipinski definition) is 2. The van der Waals surface area contributed by atoms with Gasteiger partial charge in [0.1, 0.15) is 0 Å². The first kappa shape index (κ1) is 15.9. The van der Waals surface area contributed by atoms with Gasteiger partial charge in [-0.2, -0.15) is 0 Å². The third-order valence-corrected chi connectivity index (χ3v) is 4.08. The largest absolute Gasteiger partial charge is 0.385 e. The molecule has 3 rings (SSSR count). The highest BCUT2D eigenvalue weighted by Gasteiger charge is 2.05. The zero-order valence-electron chi connectivity index (χ0n) is 12.7. The van der Waals surface area contributed by atoms with Gasteiger partial charge in [0.25, 0.3) is 0 Å². The van der Waals surface area contributed by atoms with Gasteiger partial charge in [0, 0.05) is 27.7 Å². The summed E-state index contributed by atoms with van der Waals surface area (Å²) >= 11 is 12.3. The van der Waals surface area contributed by atoms with Crippen molar-refractivity contribution in [3.63, 3.8) is 0 Å². The molecule has 2 nitrogen and oxygen atoms in total. The molecular formula is C19H16Cl2N2. The quantitative estimate of drug-likeness (QED) is 0.615. The van der Waals surface area contributed by atoms with Crippen molar-refractivity contribution in [2.75, 3.05) is 11.9 Å². The Kier molecular flexibility index (Phi) is 4.85. The van der Waals surface area contributed by atoms with Crippen molar-refractivity contribution < 1.29 is 0 Å². The van der Waals surface area contributed by atoms with E-state index in [4.69, 9.17) is 23.2 Å². The smallest absolute Gasteiger partial charge is 0.0744 e. The summed E-state index contributed by atoms with van der Waals surface area (Å²) in [6.45, 7) is 2.91. The minimum atomic E-state index is 0.680. The van der Waals surface area contributed by atoms with Gasteiger partial charge in [-0.25, -0.2) is 4.98 Å². The lowest BCUT2D eigenvalue weighted by atomic mass is 10.1. The molecule has 4 heteroatoms. The van der Waals surface area contributed by atoms with Crippen LogP contribution in [0.25, 0.3) is 23.1 Å². The number of hydrogen-bond donors (Lipinski definition) is 1. The molecule has 0 saturated heterocycles. The summed E-state index contributed by atoms with van der Waals surface area (Å²) in [5.41, 5.74) is 3.74. The van der Waals surface area contributed by atoms with Gasteiger partial charge < -0.3 is 5.32 Å². The Hall–Kier alpha value is -2.03. The van der Waals surface area contributed by atoms with E-state index in [-0.39, 0.29) is 0 Å². The van der Waals surface area contributed by atoms with Crippen LogP contribution in [-0.4, -0.2) is 11.5 Å². The summed E-state index contributed by atoms with van der Waals surface area (Å²) in [7, 11) is 0. The Morgan fingerprint density at radius 1 is 1.04 bits per heavy atom. The third-order valence-electron chi connectivity index (χ3n) is 3.50. The average Bonchev–Trinajstić information content (AvgIpc) is 2.54. The summed E-state index contributed by atoms with van der Waals surface area (Å²) in [6, 6.07) is 15.5. The molecule has 0 spiro atoms. The molecule has 0 fully saturated rings. The van der Waals surface area contributed by atoms with Crippen molar-refractivity contribution in [1.29, 1.82) is 0 Å². The van der Waals surface area contributed by atoms with Crippen LogP contribution in [0, 0.1) is 0 Å². The maximum atomic E-state index is 6.19. The van der Waals surface area contributed by atoms with Crippen LogP contribution in [0.15, 0.2) is 48.5 Å². The summed E-state index contributed by atoms with van der Waals surface area (Å²) in [5.74, 6) is 0. The van der Waals surface area contributed by atoms with Gasteiger partial charge in [-0.1, -0.05) is 47.5 Å². The van der Waals surface area contributed by atoms with Crippen molar-refractivity contribution in [2.45, 2.75) is 6.92 Å². The fraction of sp³-hybridized carbons (Fsp3) is 0.105. The second-order valence-corrected chi connectivity index (χ2v) is 5.98. The molecule has 0 saturated carbocycles. The Balaban J connectivity index is 2.05. The fourth-order valence-corrected chi connectivity index (χ4v) is 2.79. The Morgan fingerprint density at radius 2 is 1.87 bits per heavy atom. The zero-order valence-corrected chi connectivity index (χ0v) is 14.2. The van der Waals surface area contributed by atoms with Crippen molar-refractivity contribution in [2.24, 2.45) is 0 Å². The molecule has 0 radical (unpaired) electrons. The van der Waals surface area contributed by atoms with E-state index >= 15 is 0 Å². The highest BCUT2D eigenvalue weighted by atomic mass is 35.5. The molecule has 0 bridgehead atoms. The van der Waals surface area contributed by atoms with Crippen LogP contribution < -0.4 is 5.32 Å². The van der Waals surface area contributed by atoms with E-state index < -0.39 is 0 Å². The molecule has 3 aromatic rings. The monoisotopic (exact) mass is 342 g/mol. The number of nitrogens with one attached hydrogen (secondary N) is 1. The second-order valence-electron chi connectivity index (χ2n) is 5.14. The van der Waals surface area contributed by atoms with Crippen LogP contribution in [0.5, 0.6) is 0 Å². The molecule has 0 aliphatic carbocycles. The molecule has 0 atom stereocenters. The van der Waals surface area contributed by atoms with E-state index in [1.165, 1.54) is 0 Å². The zero-order chi connectivity index (χ0) is 16.2. The number of nitrogens with zero attached hydrogens (tertiary/aromatic N) is 1. The van der Waals surface area contributed by atoms with E-state index in [0.29, 0.717) is 5.02 Å². The van der Waals surface area contributed by atoms with Crippen molar-refractivity contribution >= 4 is 51.9 Å². The third kappa shape index (κ3) is 3.66. The number of benzene rings is 2. The Morgan fingerprint density at radius 3 is 2.65 bits per heavy atom. The molecule has 23 heavy (non-hydrogen) atoms. The van der Waals surface area contributed by atoms with Gasteiger partial charge in [-0.15, -0.1) is 0 Å². The molecule has 0 aliphatic rings. The first-order valence-corrected chi connectivity index (χ1v) is 8.20. The maximum absolute atomic E-state index is 6.19. The second kappa shape index (κ2) is 7.03. The summed E-state index contributed by atoms with van der Waals surface area (Å²) in [5, 5.41) is 5.84. The normalized spacial score (nSPS) is 11.3. The Bertz CT molecular complexity index is 872. The highest BCUT2D eigenvalue weighted by Crippen LogP contribution is 2.27.